The molecule has 1 N–H and O–H groups in total. The van der Waals surface area contributed by atoms with Crippen molar-refractivity contribution in [2.75, 3.05) is 6.54 Å². The lowest BCUT2D eigenvalue weighted by atomic mass is 9.94. The van der Waals surface area contributed by atoms with Crippen LogP contribution in [-0.4, -0.2) is 43.6 Å². The Morgan fingerprint density at radius 2 is 1.83 bits per heavy atom. The summed E-state index contributed by atoms with van der Waals surface area (Å²) in [7, 11) is 1.13. The molecule has 0 bridgehead atoms. The van der Waals surface area contributed by atoms with Crippen LogP contribution in [0.5, 0.6) is 0 Å². The Bertz CT molecular complexity index is 675. The lowest BCUT2D eigenvalue weighted by Gasteiger charge is -2.20. The Balaban J connectivity index is 3.01. The maximum Gasteiger partial charge on any atom is 0.450 e. The zero-order valence-corrected chi connectivity index (χ0v) is 12.9. The van der Waals surface area contributed by atoms with E-state index < -0.39 is 39.9 Å². The normalized spacial score (nSPS) is 13.4. The second-order valence-electron chi connectivity index (χ2n) is 4.57. The van der Waals surface area contributed by atoms with Gasteiger partial charge in [0.1, 0.15) is 0 Å². The average Bonchev–Trinajstić information content (AvgIpc) is 2.44. The first-order valence-electron chi connectivity index (χ1n) is 6.00. The highest BCUT2D eigenvalue weighted by Crippen LogP contribution is 2.24. The molecule has 0 aliphatic carbocycles. The molecule has 0 spiro atoms. The molecule has 0 aromatic heterocycles. The number of ketones is 1. The summed E-state index contributed by atoms with van der Waals surface area (Å²) >= 11 is 0. The molecule has 1 unspecified atom stereocenters. The summed E-state index contributed by atoms with van der Waals surface area (Å²) in [6, 6.07) is 4.52. The largest absolute Gasteiger partial charge is 0.450 e. The van der Waals surface area contributed by atoms with Gasteiger partial charge in [0.05, 0.1) is 17.4 Å². The molecule has 6 nitrogen and oxygen atoms in total. The second-order valence-corrected chi connectivity index (χ2v) is 7.14. The molecular weight excluding hydrogens is 363 g/mol. The average molecular weight is 374 g/mol. The number of nitrogens with zero attached hydrogens (tertiary/aromatic N) is 1. The van der Waals surface area contributed by atoms with Crippen LogP contribution in [0.1, 0.15) is 5.56 Å². The minimum absolute atomic E-state index is 0.0636. The van der Waals surface area contributed by atoms with Crippen molar-refractivity contribution in [2.24, 2.45) is 5.92 Å². The molecule has 0 fully saturated rings. The van der Waals surface area contributed by atoms with Crippen LogP contribution in [0, 0.1) is 5.92 Å². The summed E-state index contributed by atoms with van der Waals surface area (Å²) in [5, 5.41) is 8.96. The van der Waals surface area contributed by atoms with Crippen molar-refractivity contribution in [2.45, 2.75) is 17.5 Å². The quantitative estimate of drug-likeness (QED) is 0.340. The lowest BCUT2D eigenvalue weighted by molar-refractivity contribution is -0.180. The van der Waals surface area contributed by atoms with Gasteiger partial charge in [0.25, 0.3) is 9.05 Å². The fourth-order valence-electron chi connectivity index (χ4n) is 1.81. The Morgan fingerprint density at radius 3 is 2.22 bits per heavy atom. The molecule has 0 aliphatic heterocycles. The number of Topliss-reactive ketones (excluding diaryl/α,β-unsaturated/α-hetero) is 1. The molecule has 1 rings (SSSR count). The summed E-state index contributed by atoms with van der Waals surface area (Å²) < 4.78 is 59.8. The molecule has 0 saturated heterocycles. The Labute approximate surface area is 133 Å². The first kappa shape index (κ1) is 19.4. The molecule has 23 heavy (non-hydrogen) atoms. The summed E-state index contributed by atoms with van der Waals surface area (Å²) in [4.78, 5) is 21.4. The van der Waals surface area contributed by atoms with Gasteiger partial charge in [-0.25, -0.2) is 13.5 Å². The van der Waals surface area contributed by atoms with Crippen LogP contribution in [0.15, 0.2) is 29.2 Å². The number of alkyl halides is 3. The van der Waals surface area contributed by atoms with Crippen molar-refractivity contribution in [3.63, 3.8) is 0 Å². The highest BCUT2D eigenvalue weighted by atomic mass is 35.7. The van der Waals surface area contributed by atoms with Gasteiger partial charge < -0.3 is 0 Å². The van der Waals surface area contributed by atoms with Crippen molar-refractivity contribution in [1.29, 1.82) is 0 Å². The van der Waals surface area contributed by atoms with E-state index in [2.05, 4.69) is 0 Å². The van der Waals surface area contributed by atoms with E-state index in [9.17, 15) is 31.2 Å². The van der Waals surface area contributed by atoms with Gasteiger partial charge in [-0.3, -0.25) is 14.8 Å². The maximum absolute atomic E-state index is 12.5. The third-order valence-corrected chi connectivity index (χ3v) is 4.24. The van der Waals surface area contributed by atoms with E-state index in [1.165, 1.54) is 12.1 Å². The number of rotatable bonds is 7. The molecule has 1 aromatic carbocycles. The number of hydrogen-bond acceptors (Lipinski definition) is 5. The van der Waals surface area contributed by atoms with Crippen LogP contribution < -0.4 is 0 Å². The van der Waals surface area contributed by atoms with Crippen molar-refractivity contribution >= 4 is 31.9 Å². The third-order valence-electron chi connectivity index (χ3n) is 2.87. The third kappa shape index (κ3) is 5.81. The highest BCUT2D eigenvalue weighted by Gasteiger charge is 2.43. The predicted octanol–water partition coefficient (Wildman–Crippen LogP) is 1.75. The number of hydroxylamine groups is 2. The zero-order chi connectivity index (χ0) is 17.8. The van der Waals surface area contributed by atoms with Crippen molar-refractivity contribution in [1.82, 2.24) is 5.06 Å². The zero-order valence-electron chi connectivity index (χ0n) is 11.3. The van der Waals surface area contributed by atoms with Crippen LogP contribution in [-0.2, 0) is 25.1 Å². The van der Waals surface area contributed by atoms with Gasteiger partial charge in [0.2, 0.25) is 12.2 Å². The first-order valence-corrected chi connectivity index (χ1v) is 8.31. The molecule has 0 aliphatic rings. The molecule has 128 valence electrons. The van der Waals surface area contributed by atoms with Gasteiger partial charge in [-0.2, -0.15) is 13.2 Å². The fourth-order valence-corrected chi connectivity index (χ4v) is 2.58. The van der Waals surface area contributed by atoms with E-state index in [1.807, 2.05) is 0 Å². The fraction of sp³-hybridized carbons (Fsp3) is 0.333. The molecule has 11 heteroatoms. The van der Waals surface area contributed by atoms with Crippen LogP contribution in [0.2, 0.25) is 0 Å². The number of carbonyl (C=O) groups is 2. The summed E-state index contributed by atoms with van der Waals surface area (Å²) in [6.07, 6.45) is -5.71. The standard InChI is InChI=1S/C12H11ClF3NO5S/c13-23(21,22)10-3-1-8(2-4-10)5-9(6-17(20)7-18)11(19)12(14,15)16/h1-4,7,9,20H,5-6H2. The minimum atomic E-state index is -5.13. The van der Waals surface area contributed by atoms with E-state index in [1.54, 1.807) is 0 Å². The SMILES string of the molecule is O=CN(O)CC(Cc1ccc(S(=O)(=O)Cl)cc1)C(=O)C(F)(F)F. The Kier molecular flexibility index (Phi) is 6.14. The van der Waals surface area contributed by atoms with Gasteiger partial charge in [-0.15, -0.1) is 0 Å². The van der Waals surface area contributed by atoms with E-state index in [4.69, 9.17) is 15.9 Å². The summed E-state index contributed by atoms with van der Waals surface area (Å²) in [5.74, 6) is -3.84. The van der Waals surface area contributed by atoms with Crippen molar-refractivity contribution in [3.8, 4) is 0 Å². The van der Waals surface area contributed by atoms with Crippen molar-refractivity contribution < 1.29 is 36.4 Å². The van der Waals surface area contributed by atoms with Crippen LogP contribution in [0.25, 0.3) is 0 Å². The molecular formula is C12H11ClF3NO5S. The van der Waals surface area contributed by atoms with Gasteiger partial charge >= 0.3 is 6.18 Å². The molecule has 0 heterocycles. The van der Waals surface area contributed by atoms with E-state index in [-0.39, 0.29) is 21.9 Å². The topological polar surface area (TPSA) is 91.8 Å². The number of carbonyl (C=O) groups excluding carboxylic acids is 2. The van der Waals surface area contributed by atoms with Crippen LogP contribution >= 0.6 is 10.7 Å². The number of hydrogen-bond donors (Lipinski definition) is 1. The number of halogens is 4. The summed E-state index contributed by atoms with van der Waals surface area (Å²) in [5.41, 5.74) is 0.205. The van der Waals surface area contributed by atoms with Gasteiger partial charge in [-0.1, -0.05) is 12.1 Å². The molecule has 1 amide bonds. The van der Waals surface area contributed by atoms with E-state index in [0.717, 1.165) is 12.1 Å². The maximum atomic E-state index is 12.5. The Morgan fingerprint density at radius 1 is 1.30 bits per heavy atom. The van der Waals surface area contributed by atoms with Gasteiger partial charge in [-0.05, 0) is 24.1 Å². The smallest absolute Gasteiger partial charge is 0.289 e. The van der Waals surface area contributed by atoms with Gasteiger partial charge in [0.15, 0.2) is 0 Å². The number of amides is 1. The first-order chi connectivity index (χ1) is 10.4. The second kappa shape index (κ2) is 7.28. The number of benzene rings is 1. The molecule has 0 radical (unpaired) electrons. The van der Waals surface area contributed by atoms with E-state index in [0.29, 0.717) is 0 Å². The highest BCUT2D eigenvalue weighted by molar-refractivity contribution is 8.13. The lowest BCUT2D eigenvalue weighted by Crippen LogP contribution is -2.38. The summed E-state index contributed by atoms with van der Waals surface area (Å²) in [6.45, 7) is -0.850. The van der Waals surface area contributed by atoms with Crippen LogP contribution in [0.4, 0.5) is 13.2 Å². The molecule has 1 aromatic rings. The molecule has 0 saturated carbocycles. The predicted molar refractivity (Wildman–Crippen MR) is 72.3 cm³/mol. The molecule has 1 atom stereocenters. The van der Waals surface area contributed by atoms with Crippen molar-refractivity contribution in [3.05, 3.63) is 29.8 Å². The minimum Gasteiger partial charge on any atom is -0.289 e. The van der Waals surface area contributed by atoms with Crippen LogP contribution in [0.3, 0.4) is 0 Å². The van der Waals surface area contributed by atoms with Gasteiger partial charge in [0, 0.05) is 10.7 Å². The monoisotopic (exact) mass is 373 g/mol. The van der Waals surface area contributed by atoms with E-state index >= 15 is 0 Å². The Hall–Kier alpha value is -1.65.